The van der Waals surface area contributed by atoms with Gasteiger partial charge in [0.15, 0.2) is 0 Å². The van der Waals surface area contributed by atoms with Gasteiger partial charge in [0.25, 0.3) is 0 Å². The van der Waals surface area contributed by atoms with Crippen LogP contribution in [0.25, 0.3) is 0 Å². The fourth-order valence-corrected chi connectivity index (χ4v) is 2.99. The third-order valence-electron chi connectivity index (χ3n) is 2.78. The van der Waals surface area contributed by atoms with E-state index >= 15 is 0 Å². The molecule has 0 radical (unpaired) electrons. The summed E-state index contributed by atoms with van der Waals surface area (Å²) < 4.78 is 5.83. The number of benzene rings is 1. The second kappa shape index (κ2) is 5.57. The van der Waals surface area contributed by atoms with Crippen molar-refractivity contribution < 1.29 is 4.74 Å². The molecule has 1 saturated carbocycles. The maximum absolute atomic E-state index is 5.83. The minimum Gasteiger partial charge on any atom is -0.373 e. The van der Waals surface area contributed by atoms with Gasteiger partial charge in [0.2, 0.25) is 0 Å². The molecule has 1 aliphatic rings. The quantitative estimate of drug-likeness (QED) is 0.754. The van der Waals surface area contributed by atoms with Crippen LogP contribution >= 0.6 is 11.8 Å². The molecular formula is C13H18OS. The van der Waals surface area contributed by atoms with E-state index < -0.39 is 0 Å². The molecule has 1 nitrogen and oxygen atoms in total. The summed E-state index contributed by atoms with van der Waals surface area (Å²) in [5, 5.41) is 0.857. The molecule has 0 N–H and O–H groups in total. The Morgan fingerprint density at radius 1 is 1.27 bits per heavy atom. The first-order valence-electron chi connectivity index (χ1n) is 5.65. The Morgan fingerprint density at radius 2 is 2.00 bits per heavy atom. The topological polar surface area (TPSA) is 9.23 Å². The molecule has 0 bridgehead atoms. The van der Waals surface area contributed by atoms with E-state index in [4.69, 9.17) is 4.74 Å². The van der Waals surface area contributed by atoms with Crippen molar-refractivity contribution in [1.82, 2.24) is 0 Å². The second-order valence-electron chi connectivity index (χ2n) is 3.97. The molecule has 15 heavy (non-hydrogen) atoms. The van der Waals surface area contributed by atoms with Gasteiger partial charge in [-0.3, -0.25) is 0 Å². The van der Waals surface area contributed by atoms with Gasteiger partial charge in [0.1, 0.15) is 0 Å². The molecule has 0 atom stereocenters. The van der Waals surface area contributed by atoms with Crippen LogP contribution in [0.2, 0.25) is 0 Å². The van der Waals surface area contributed by atoms with Crippen LogP contribution in [0.4, 0.5) is 0 Å². The minimum absolute atomic E-state index is 0.509. The summed E-state index contributed by atoms with van der Waals surface area (Å²) in [6.07, 6.45) is 2.99. The van der Waals surface area contributed by atoms with Crippen LogP contribution in [0.1, 0.15) is 25.3 Å². The molecule has 2 heteroatoms. The van der Waals surface area contributed by atoms with Gasteiger partial charge >= 0.3 is 0 Å². The SMILES string of the molecule is CCS[C@H]1C[C@@H](OCc2ccccc2)C1. The Bertz CT molecular complexity index is 280. The first kappa shape index (κ1) is 11.0. The van der Waals surface area contributed by atoms with Crippen LogP contribution < -0.4 is 0 Å². The number of ether oxygens (including phenoxy) is 1. The molecule has 0 aliphatic heterocycles. The zero-order valence-electron chi connectivity index (χ0n) is 9.19. The molecule has 0 saturated heterocycles. The number of rotatable bonds is 5. The average molecular weight is 222 g/mol. The Balaban J connectivity index is 1.64. The largest absolute Gasteiger partial charge is 0.373 e. The van der Waals surface area contributed by atoms with Crippen LogP contribution in [0.5, 0.6) is 0 Å². The summed E-state index contributed by atoms with van der Waals surface area (Å²) in [4.78, 5) is 0. The van der Waals surface area contributed by atoms with E-state index in [0.29, 0.717) is 6.10 Å². The lowest BCUT2D eigenvalue weighted by atomic mass is 9.95. The van der Waals surface area contributed by atoms with E-state index in [1.54, 1.807) is 0 Å². The lowest BCUT2D eigenvalue weighted by Crippen LogP contribution is -2.33. The lowest BCUT2D eigenvalue weighted by Gasteiger charge is -2.34. The van der Waals surface area contributed by atoms with Gasteiger partial charge in [-0.25, -0.2) is 0 Å². The smallest absolute Gasteiger partial charge is 0.0720 e. The Labute approximate surface area is 96.2 Å². The minimum atomic E-state index is 0.509. The average Bonchev–Trinajstić information content (AvgIpc) is 2.23. The van der Waals surface area contributed by atoms with E-state index in [0.717, 1.165) is 11.9 Å². The third-order valence-corrected chi connectivity index (χ3v) is 3.97. The monoisotopic (exact) mass is 222 g/mol. The van der Waals surface area contributed by atoms with Gasteiger partial charge < -0.3 is 4.74 Å². The van der Waals surface area contributed by atoms with Gasteiger partial charge in [-0.05, 0) is 24.2 Å². The Kier molecular flexibility index (Phi) is 4.09. The van der Waals surface area contributed by atoms with Crippen LogP contribution in [0, 0.1) is 0 Å². The zero-order chi connectivity index (χ0) is 10.5. The fourth-order valence-electron chi connectivity index (χ4n) is 1.81. The molecular weight excluding hydrogens is 204 g/mol. The van der Waals surface area contributed by atoms with Gasteiger partial charge in [-0.2, -0.15) is 11.8 Å². The highest BCUT2D eigenvalue weighted by atomic mass is 32.2. The van der Waals surface area contributed by atoms with E-state index in [1.807, 2.05) is 6.07 Å². The molecule has 1 aromatic carbocycles. The number of hydrogen-bond acceptors (Lipinski definition) is 2. The van der Waals surface area contributed by atoms with Crippen molar-refractivity contribution in [3.8, 4) is 0 Å². The molecule has 1 aromatic rings. The van der Waals surface area contributed by atoms with Crippen molar-refractivity contribution in [3.63, 3.8) is 0 Å². The van der Waals surface area contributed by atoms with E-state index in [9.17, 15) is 0 Å². The molecule has 2 rings (SSSR count). The van der Waals surface area contributed by atoms with Gasteiger partial charge in [-0.1, -0.05) is 37.3 Å². The number of thioether (sulfide) groups is 1. The molecule has 1 aliphatic carbocycles. The fraction of sp³-hybridized carbons (Fsp3) is 0.538. The molecule has 1 fully saturated rings. The highest BCUT2D eigenvalue weighted by Gasteiger charge is 2.29. The van der Waals surface area contributed by atoms with E-state index in [-0.39, 0.29) is 0 Å². The van der Waals surface area contributed by atoms with Crippen LogP contribution in [0.3, 0.4) is 0 Å². The van der Waals surface area contributed by atoms with Crippen LogP contribution in [0.15, 0.2) is 30.3 Å². The summed E-state index contributed by atoms with van der Waals surface area (Å²) in [6, 6.07) is 10.4. The van der Waals surface area contributed by atoms with Crippen LogP contribution in [-0.4, -0.2) is 17.1 Å². The molecule has 0 spiro atoms. The van der Waals surface area contributed by atoms with Gasteiger partial charge in [-0.15, -0.1) is 0 Å². The van der Waals surface area contributed by atoms with E-state index in [2.05, 4.69) is 43.0 Å². The summed E-state index contributed by atoms with van der Waals surface area (Å²) in [5.74, 6) is 1.23. The van der Waals surface area contributed by atoms with Crippen LogP contribution in [-0.2, 0) is 11.3 Å². The van der Waals surface area contributed by atoms with Gasteiger partial charge in [0, 0.05) is 5.25 Å². The maximum atomic E-state index is 5.83. The first-order chi connectivity index (χ1) is 7.38. The summed E-state index contributed by atoms with van der Waals surface area (Å²) in [6.45, 7) is 3.00. The maximum Gasteiger partial charge on any atom is 0.0720 e. The van der Waals surface area contributed by atoms with Crippen molar-refractivity contribution in [3.05, 3.63) is 35.9 Å². The van der Waals surface area contributed by atoms with Gasteiger partial charge in [0.05, 0.1) is 12.7 Å². The molecule has 0 amide bonds. The summed E-state index contributed by atoms with van der Waals surface area (Å²) >= 11 is 2.06. The molecule has 82 valence electrons. The second-order valence-corrected chi connectivity index (χ2v) is 5.54. The van der Waals surface area contributed by atoms with Crippen molar-refractivity contribution in [2.45, 2.75) is 37.7 Å². The zero-order valence-corrected chi connectivity index (χ0v) is 10.0. The number of hydrogen-bond donors (Lipinski definition) is 0. The molecule has 0 heterocycles. The van der Waals surface area contributed by atoms with Crippen molar-refractivity contribution >= 4 is 11.8 Å². The predicted molar refractivity (Wildman–Crippen MR) is 66.2 cm³/mol. The highest BCUT2D eigenvalue weighted by Crippen LogP contribution is 2.34. The van der Waals surface area contributed by atoms with E-state index in [1.165, 1.54) is 24.2 Å². The highest BCUT2D eigenvalue weighted by molar-refractivity contribution is 7.99. The first-order valence-corrected chi connectivity index (χ1v) is 6.70. The molecule has 0 aromatic heterocycles. The Hall–Kier alpha value is -0.470. The predicted octanol–water partition coefficient (Wildman–Crippen LogP) is 3.49. The third kappa shape index (κ3) is 3.25. The summed E-state index contributed by atoms with van der Waals surface area (Å²) in [7, 11) is 0. The molecule has 0 unspecified atom stereocenters. The van der Waals surface area contributed by atoms with Crippen molar-refractivity contribution in [2.75, 3.05) is 5.75 Å². The van der Waals surface area contributed by atoms with Crippen molar-refractivity contribution in [1.29, 1.82) is 0 Å². The normalized spacial score (nSPS) is 24.9. The summed E-state index contributed by atoms with van der Waals surface area (Å²) in [5.41, 5.74) is 1.28. The Morgan fingerprint density at radius 3 is 2.67 bits per heavy atom. The standard InChI is InChI=1S/C13H18OS/c1-2-15-13-8-12(9-13)14-10-11-6-4-3-5-7-11/h3-7,12-13H,2,8-10H2,1H3/t12-,13+. The van der Waals surface area contributed by atoms with Crippen molar-refractivity contribution in [2.24, 2.45) is 0 Å². The lowest BCUT2D eigenvalue weighted by molar-refractivity contribution is -0.00498.